The van der Waals surface area contributed by atoms with Crippen molar-refractivity contribution < 1.29 is 12.8 Å². The zero-order chi connectivity index (χ0) is 21.5. The van der Waals surface area contributed by atoms with E-state index in [0.717, 1.165) is 23.6 Å². The fraction of sp³-hybridized carbons (Fsp3) is 0.286. The van der Waals surface area contributed by atoms with Gasteiger partial charge in [-0.25, -0.2) is 17.5 Å². The first-order chi connectivity index (χ1) is 14.3. The van der Waals surface area contributed by atoms with Gasteiger partial charge in [-0.1, -0.05) is 30.7 Å². The number of sulfone groups is 1. The summed E-state index contributed by atoms with van der Waals surface area (Å²) < 4.78 is 42.2. The van der Waals surface area contributed by atoms with Gasteiger partial charge in [-0.3, -0.25) is 0 Å². The molecule has 0 amide bonds. The van der Waals surface area contributed by atoms with Crippen LogP contribution in [-0.2, 0) is 22.8 Å². The molecule has 3 aromatic rings. The van der Waals surface area contributed by atoms with Crippen molar-refractivity contribution in [2.24, 2.45) is 5.73 Å². The molecule has 0 saturated heterocycles. The lowest BCUT2D eigenvalue weighted by atomic mass is 10.1. The van der Waals surface area contributed by atoms with Crippen molar-refractivity contribution in [1.29, 1.82) is 0 Å². The first kappa shape index (κ1) is 20.8. The number of anilines is 1. The number of aromatic nitrogens is 2. The van der Waals surface area contributed by atoms with E-state index in [2.05, 4.69) is 5.10 Å². The highest BCUT2D eigenvalue weighted by atomic mass is 35.5. The minimum atomic E-state index is -3.74. The van der Waals surface area contributed by atoms with Gasteiger partial charge in [0.25, 0.3) is 0 Å². The second kappa shape index (κ2) is 8.02. The van der Waals surface area contributed by atoms with E-state index < -0.39 is 21.7 Å². The molecule has 30 heavy (non-hydrogen) atoms. The third kappa shape index (κ3) is 4.08. The molecule has 1 aliphatic heterocycles. The number of aryl methyl sites for hydroxylation is 1. The van der Waals surface area contributed by atoms with E-state index in [9.17, 15) is 12.8 Å². The van der Waals surface area contributed by atoms with Gasteiger partial charge in [0.2, 0.25) is 0 Å². The molecule has 2 heterocycles. The number of hydrogen-bond donors (Lipinski definition) is 1. The first-order valence-corrected chi connectivity index (χ1v) is 11.6. The Morgan fingerprint density at radius 1 is 1.20 bits per heavy atom. The number of nitrogens with zero attached hydrogens (tertiary/aromatic N) is 3. The van der Waals surface area contributed by atoms with Crippen LogP contribution in [0.1, 0.15) is 18.1 Å². The molecule has 158 valence electrons. The lowest BCUT2D eigenvalue weighted by molar-refractivity contribution is 0.584. The molecule has 1 aliphatic rings. The highest BCUT2D eigenvalue weighted by Crippen LogP contribution is 2.34. The maximum Gasteiger partial charge on any atom is 0.182 e. The number of rotatable bonds is 4. The van der Waals surface area contributed by atoms with Crippen LogP contribution < -0.4 is 10.6 Å². The summed E-state index contributed by atoms with van der Waals surface area (Å²) in [6.45, 7) is 2.72. The monoisotopic (exact) mass is 448 g/mol. The number of fused-ring (bicyclic) bond motifs is 1. The molecule has 0 fully saturated rings. The van der Waals surface area contributed by atoms with Crippen LogP contribution in [0.2, 0.25) is 5.02 Å². The third-order valence-corrected chi connectivity index (χ3v) is 7.29. The molecule has 0 unspecified atom stereocenters. The topological polar surface area (TPSA) is 81.2 Å². The van der Waals surface area contributed by atoms with E-state index in [1.165, 1.54) is 4.68 Å². The molecule has 0 radical (unpaired) electrons. The van der Waals surface area contributed by atoms with Crippen molar-refractivity contribution in [3.8, 4) is 5.69 Å². The fourth-order valence-electron chi connectivity index (χ4n) is 3.64. The smallest absolute Gasteiger partial charge is 0.182 e. The fourth-order valence-corrected chi connectivity index (χ4v) is 5.41. The van der Waals surface area contributed by atoms with E-state index >= 15 is 0 Å². The molecule has 2 aromatic carbocycles. The summed E-state index contributed by atoms with van der Waals surface area (Å²) in [6, 6.07) is 9.33. The maximum absolute atomic E-state index is 15.0. The van der Waals surface area contributed by atoms with Gasteiger partial charge >= 0.3 is 0 Å². The van der Waals surface area contributed by atoms with Gasteiger partial charge in [0.15, 0.2) is 9.84 Å². The average molecular weight is 449 g/mol. The lowest BCUT2D eigenvalue weighted by Crippen LogP contribution is -2.39. The Kier molecular flexibility index (Phi) is 5.57. The van der Waals surface area contributed by atoms with E-state index in [-0.39, 0.29) is 16.3 Å². The Hall–Kier alpha value is -2.42. The Labute approximate surface area is 180 Å². The molecule has 6 nitrogen and oxygen atoms in total. The van der Waals surface area contributed by atoms with Gasteiger partial charge in [0.1, 0.15) is 11.5 Å². The van der Waals surface area contributed by atoms with Crippen LogP contribution in [0.5, 0.6) is 0 Å². The van der Waals surface area contributed by atoms with Gasteiger partial charge in [-0.2, -0.15) is 5.10 Å². The Morgan fingerprint density at radius 3 is 2.60 bits per heavy atom. The summed E-state index contributed by atoms with van der Waals surface area (Å²) in [5.74, 6) is -0.887. The summed E-state index contributed by atoms with van der Waals surface area (Å²) in [4.78, 5) is 1.83. The van der Waals surface area contributed by atoms with E-state index in [1.54, 1.807) is 30.6 Å². The van der Waals surface area contributed by atoms with E-state index in [4.69, 9.17) is 17.3 Å². The van der Waals surface area contributed by atoms with Crippen molar-refractivity contribution >= 4 is 27.1 Å². The molecule has 0 saturated carbocycles. The number of benzene rings is 2. The van der Waals surface area contributed by atoms with Crippen LogP contribution in [0.3, 0.4) is 0 Å². The Morgan fingerprint density at radius 2 is 1.93 bits per heavy atom. The molecule has 0 aliphatic carbocycles. The molecule has 1 atom stereocenters. The molecule has 0 spiro atoms. The van der Waals surface area contributed by atoms with Crippen molar-refractivity contribution in [1.82, 2.24) is 9.78 Å². The molecule has 1 aromatic heterocycles. The first-order valence-electron chi connectivity index (χ1n) is 9.62. The summed E-state index contributed by atoms with van der Waals surface area (Å²) in [7, 11) is -3.74. The second-order valence-corrected chi connectivity index (χ2v) is 9.91. The zero-order valence-corrected chi connectivity index (χ0v) is 18.0. The predicted molar refractivity (Wildman–Crippen MR) is 115 cm³/mol. The Balaban J connectivity index is 1.84. The minimum absolute atomic E-state index is 0.0477. The maximum atomic E-state index is 15.0. The minimum Gasteiger partial charge on any atom is -0.364 e. The predicted octanol–water partition coefficient (Wildman–Crippen LogP) is 3.35. The third-order valence-electron chi connectivity index (χ3n) is 5.17. The van der Waals surface area contributed by atoms with Gasteiger partial charge in [-0.05, 0) is 41.8 Å². The molecular weight excluding hydrogens is 427 g/mol. The summed E-state index contributed by atoms with van der Waals surface area (Å²) in [6.07, 6.45) is 4.17. The standard InChI is InChI=1S/C21H22ClFN4O2S/c1-2-14-9-25-27(11-14)19-8-20-21(7-18(19)23)30(28,29)13-17(24)12-26(20)10-15-3-5-16(22)6-4-15/h3-9,11,17H,2,10,12-13,24H2,1H3/t17-/m1/s1. The van der Waals surface area contributed by atoms with Crippen LogP contribution in [0, 0.1) is 5.82 Å². The summed E-state index contributed by atoms with van der Waals surface area (Å²) in [5.41, 5.74) is 8.62. The molecule has 4 rings (SSSR count). The van der Waals surface area contributed by atoms with E-state index in [1.807, 2.05) is 24.0 Å². The van der Waals surface area contributed by atoms with Crippen LogP contribution >= 0.6 is 11.6 Å². The van der Waals surface area contributed by atoms with Crippen LogP contribution in [-0.4, -0.2) is 36.5 Å². The van der Waals surface area contributed by atoms with Gasteiger partial charge in [0.05, 0.1) is 22.5 Å². The molecule has 9 heteroatoms. The quantitative estimate of drug-likeness (QED) is 0.662. The van der Waals surface area contributed by atoms with Crippen LogP contribution in [0.4, 0.5) is 10.1 Å². The van der Waals surface area contributed by atoms with Gasteiger partial charge < -0.3 is 10.6 Å². The van der Waals surface area contributed by atoms with Crippen LogP contribution in [0.25, 0.3) is 5.69 Å². The molecule has 2 N–H and O–H groups in total. The molecular formula is C21H22ClFN4O2S. The summed E-state index contributed by atoms with van der Waals surface area (Å²) in [5, 5.41) is 4.84. The number of hydrogen-bond acceptors (Lipinski definition) is 5. The van der Waals surface area contributed by atoms with Crippen molar-refractivity contribution in [3.05, 3.63) is 70.8 Å². The number of halogens is 2. The van der Waals surface area contributed by atoms with Gasteiger partial charge in [-0.15, -0.1) is 0 Å². The van der Waals surface area contributed by atoms with Crippen LogP contribution in [0.15, 0.2) is 53.7 Å². The highest BCUT2D eigenvalue weighted by Gasteiger charge is 2.32. The normalized spacial score (nSPS) is 18.1. The molecule has 0 bridgehead atoms. The largest absolute Gasteiger partial charge is 0.364 e. The number of nitrogens with two attached hydrogens (primary N) is 1. The van der Waals surface area contributed by atoms with Gasteiger partial charge in [0, 0.05) is 30.4 Å². The lowest BCUT2D eigenvalue weighted by Gasteiger charge is -2.26. The SMILES string of the molecule is CCc1cnn(-c2cc3c(cc2F)S(=O)(=O)C[C@H](N)CN3Cc2ccc(Cl)cc2)c1. The Bertz CT molecular complexity index is 1180. The zero-order valence-electron chi connectivity index (χ0n) is 16.4. The van der Waals surface area contributed by atoms with Crippen molar-refractivity contribution in [2.75, 3.05) is 17.2 Å². The van der Waals surface area contributed by atoms with Crippen molar-refractivity contribution in [2.45, 2.75) is 30.8 Å². The highest BCUT2D eigenvalue weighted by molar-refractivity contribution is 7.91. The van der Waals surface area contributed by atoms with Crippen molar-refractivity contribution in [3.63, 3.8) is 0 Å². The summed E-state index contributed by atoms with van der Waals surface area (Å²) >= 11 is 5.98. The van der Waals surface area contributed by atoms with E-state index in [0.29, 0.717) is 23.8 Å². The second-order valence-electron chi connectivity index (χ2n) is 7.47. The average Bonchev–Trinajstić information content (AvgIpc) is 3.14.